The van der Waals surface area contributed by atoms with E-state index in [9.17, 15) is 9.59 Å². The molecule has 0 aliphatic carbocycles. The molecule has 0 bridgehead atoms. The second kappa shape index (κ2) is 3.77. The summed E-state index contributed by atoms with van der Waals surface area (Å²) in [6.45, 7) is 4.39. The fraction of sp³-hybridized carbons (Fsp3) is 0.778. The van der Waals surface area contributed by atoms with Crippen LogP contribution in [0.2, 0.25) is 0 Å². The topological polar surface area (TPSA) is 46.6 Å². The number of amides is 1. The summed E-state index contributed by atoms with van der Waals surface area (Å²) in [6.07, 6.45) is 0.296. The number of nitrogens with zero attached hydrogens (tertiary/aromatic N) is 1. The Hall–Kier alpha value is -1.06. The van der Waals surface area contributed by atoms with Crippen LogP contribution in [0.25, 0.3) is 0 Å². The van der Waals surface area contributed by atoms with Crippen LogP contribution in [-0.2, 0) is 14.3 Å². The third-order valence-corrected chi connectivity index (χ3v) is 2.32. The van der Waals surface area contributed by atoms with Gasteiger partial charge in [0.15, 0.2) is 0 Å². The van der Waals surface area contributed by atoms with E-state index in [0.717, 1.165) is 0 Å². The Morgan fingerprint density at radius 2 is 2.23 bits per heavy atom. The fourth-order valence-electron chi connectivity index (χ4n) is 1.56. The van der Waals surface area contributed by atoms with Crippen LogP contribution in [0.1, 0.15) is 20.3 Å². The van der Waals surface area contributed by atoms with Crippen LogP contribution < -0.4 is 0 Å². The Morgan fingerprint density at radius 3 is 2.62 bits per heavy atom. The van der Waals surface area contributed by atoms with Crippen molar-refractivity contribution in [3.05, 3.63) is 0 Å². The van der Waals surface area contributed by atoms with Crippen molar-refractivity contribution in [3.8, 4) is 0 Å². The lowest BCUT2D eigenvalue weighted by Gasteiger charge is -2.20. The maximum atomic E-state index is 11.4. The average Bonchev–Trinajstić information content (AvgIpc) is 2.46. The van der Waals surface area contributed by atoms with E-state index >= 15 is 0 Å². The molecule has 13 heavy (non-hydrogen) atoms. The Morgan fingerprint density at radius 1 is 1.62 bits per heavy atom. The summed E-state index contributed by atoms with van der Waals surface area (Å²) < 4.78 is 4.59. The highest BCUT2D eigenvalue weighted by molar-refractivity contribution is 5.86. The molecule has 4 heteroatoms. The molecule has 1 atom stereocenters. The summed E-state index contributed by atoms with van der Waals surface area (Å²) in [5.74, 6) is -0.498. The van der Waals surface area contributed by atoms with Gasteiger partial charge in [0, 0.05) is 19.0 Å². The normalized spacial score (nSPS) is 22.6. The number of carbonyl (C=O) groups excluding carboxylic acids is 2. The van der Waals surface area contributed by atoms with Gasteiger partial charge < -0.3 is 9.64 Å². The third-order valence-electron chi connectivity index (χ3n) is 2.32. The zero-order valence-corrected chi connectivity index (χ0v) is 8.24. The van der Waals surface area contributed by atoms with E-state index in [2.05, 4.69) is 4.74 Å². The van der Waals surface area contributed by atoms with Crippen LogP contribution in [0.5, 0.6) is 0 Å². The third kappa shape index (κ3) is 1.99. The minimum atomic E-state index is -0.281. The summed E-state index contributed by atoms with van der Waals surface area (Å²) in [4.78, 5) is 24.2. The molecule has 0 N–H and O–H groups in total. The lowest BCUT2D eigenvalue weighted by Crippen LogP contribution is -2.32. The van der Waals surface area contributed by atoms with Gasteiger partial charge in [0.2, 0.25) is 5.91 Å². The monoisotopic (exact) mass is 185 g/mol. The molecule has 0 aromatic heterocycles. The molecule has 0 aromatic rings. The van der Waals surface area contributed by atoms with Crippen LogP contribution in [0.4, 0.5) is 0 Å². The first kappa shape index (κ1) is 10.0. The molecule has 1 aliphatic rings. The van der Waals surface area contributed by atoms with Crippen molar-refractivity contribution in [2.24, 2.45) is 5.92 Å². The maximum absolute atomic E-state index is 11.4. The van der Waals surface area contributed by atoms with E-state index in [4.69, 9.17) is 0 Å². The van der Waals surface area contributed by atoms with E-state index < -0.39 is 0 Å². The number of hydrogen-bond acceptors (Lipinski definition) is 3. The second-order valence-electron chi connectivity index (χ2n) is 3.56. The quantitative estimate of drug-likeness (QED) is 0.585. The van der Waals surface area contributed by atoms with Crippen LogP contribution in [0.15, 0.2) is 0 Å². The lowest BCUT2D eigenvalue weighted by atomic mass is 10.1. The van der Waals surface area contributed by atoms with E-state index in [0.29, 0.717) is 13.0 Å². The highest BCUT2D eigenvalue weighted by atomic mass is 16.5. The summed E-state index contributed by atoms with van der Waals surface area (Å²) in [6, 6.07) is 0.169. The Kier molecular flexibility index (Phi) is 2.90. The van der Waals surface area contributed by atoms with Crippen molar-refractivity contribution in [2.75, 3.05) is 13.7 Å². The first-order valence-corrected chi connectivity index (χ1v) is 4.43. The molecule has 0 spiro atoms. The minimum absolute atomic E-state index is 0.0467. The second-order valence-corrected chi connectivity index (χ2v) is 3.56. The summed E-state index contributed by atoms with van der Waals surface area (Å²) in [7, 11) is 1.35. The molecule has 1 heterocycles. The molecule has 0 saturated carbocycles. The number of rotatable bonds is 2. The smallest absolute Gasteiger partial charge is 0.310 e. The summed E-state index contributed by atoms with van der Waals surface area (Å²) in [5, 5.41) is 0. The highest BCUT2D eigenvalue weighted by Gasteiger charge is 2.35. The first-order valence-electron chi connectivity index (χ1n) is 4.43. The average molecular weight is 185 g/mol. The molecule has 1 rings (SSSR count). The predicted molar refractivity (Wildman–Crippen MR) is 47.0 cm³/mol. The van der Waals surface area contributed by atoms with E-state index in [-0.39, 0.29) is 23.8 Å². The van der Waals surface area contributed by atoms with Gasteiger partial charge >= 0.3 is 5.97 Å². The number of methoxy groups -OCH3 is 1. The van der Waals surface area contributed by atoms with E-state index in [1.165, 1.54) is 7.11 Å². The van der Waals surface area contributed by atoms with Crippen molar-refractivity contribution in [3.63, 3.8) is 0 Å². The molecule has 1 amide bonds. The lowest BCUT2D eigenvalue weighted by molar-refractivity contribution is -0.145. The van der Waals surface area contributed by atoms with Crippen molar-refractivity contribution in [2.45, 2.75) is 26.3 Å². The molecule has 4 nitrogen and oxygen atoms in total. The largest absolute Gasteiger partial charge is 0.469 e. The molecule has 1 aliphatic heterocycles. The summed E-state index contributed by atoms with van der Waals surface area (Å²) in [5.41, 5.74) is 0. The predicted octanol–water partition coefficient (Wildman–Crippen LogP) is 0.416. The zero-order valence-electron chi connectivity index (χ0n) is 8.24. The molecule has 1 saturated heterocycles. The molecule has 0 unspecified atom stereocenters. The number of esters is 1. The summed E-state index contributed by atoms with van der Waals surface area (Å²) >= 11 is 0. The van der Waals surface area contributed by atoms with Gasteiger partial charge in [-0.25, -0.2) is 0 Å². The van der Waals surface area contributed by atoms with E-state index in [1.54, 1.807) is 4.90 Å². The van der Waals surface area contributed by atoms with Gasteiger partial charge in [-0.1, -0.05) is 0 Å². The van der Waals surface area contributed by atoms with Gasteiger partial charge in [-0.2, -0.15) is 0 Å². The van der Waals surface area contributed by atoms with Crippen molar-refractivity contribution < 1.29 is 14.3 Å². The minimum Gasteiger partial charge on any atom is -0.469 e. The van der Waals surface area contributed by atoms with Gasteiger partial charge in [-0.05, 0) is 13.8 Å². The molecule has 74 valence electrons. The number of ether oxygens (including phenoxy) is 1. The first-order chi connectivity index (χ1) is 6.06. The Bertz CT molecular complexity index is 225. The number of hydrogen-bond donors (Lipinski definition) is 0. The molecular weight excluding hydrogens is 170 g/mol. The van der Waals surface area contributed by atoms with Crippen molar-refractivity contribution >= 4 is 11.9 Å². The van der Waals surface area contributed by atoms with Crippen LogP contribution in [-0.4, -0.2) is 36.5 Å². The van der Waals surface area contributed by atoms with Crippen LogP contribution >= 0.6 is 0 Å². The molecule has 0 aromatic carbocycles. The molecule has 1 fully saturated rings. The molecular formula is C9H15NO3. The van der Waals surface area contributed by atoms with Gasteiger partial charge in [-0.15, -0.1) is 0 Å². The SMILES string of the molecule is COC(=O)[C@H]1CC(=O)N(C(C)C)C1. The van der Waals surface area contributed by atoms with Crippen molar-refractivity contribution in [1.29, 1.82) is 0 Å². The fourth-order valence-corrected chi connectivity index (χ4v) is 1.56. The van der Waals surface area contributed by atoms with Crippen LogP contribution in [0.3, 0.4) is 0 Å². The van der Waals surface area contributed by atoms with Gasteiger partial charge in [0.1, 0.15) is 0 Å². The maximum Gasteiger partial charge on any atom is 0.310 e. The Labute approximate surface area is 77.8 Å². The standard InChI is InChI=1S/C9H15NO3/c1-6(2)10-5-7(4-8(10)11)9(12)13-3/h6-7H,4-5H2,1-3H3/t7-/m0/s1. The van der Waals surface area contributed by atoms with Crippen LogP contribution in [0, 0.1) is 5.92 Å². The molecule has 0 radical (unpaired) electrons. The Balaban J connectivity index is 2.60. The number of likely N-dealkylation sites (tertiary alicyclic amines) is 1. The van der Waals surface area contributed by atoms with Gasteiger partial charge in [0.05, 0.1) is 13.0 Å². The van der Waals surface area contributed by atoms with E-state index in [1.807, 2.05) is 13.8 Å². The van der Waals surface area contributed by atoms with Gasteiger partial charge in [0.25, 0.3) is 0 Å². The number of carbonyl (C=O) groups is 2. The zero-order chi connectivity index (χ0) is 10.0. The van der Waals surface area contributed by atoms with Crippen molar-refractivity contribution in [1.82, 2.24) is 4.90 Å². The highest BCUT2D eigenvalue weighted by Crippen LogP contribution is 2.20. The van der Waals surface area contributed by atoms with Gasteiger partial charge in [-0.3, -0.25) is 9.59 Å².